The van der Waals surface area contributed by atoms with Gasteiger partial charge in [-0.05, 0) is 13.8 Å². The van der Waals surface area contributed by atoms with E-state index in [4.69, 9.17) is 11.2 Å². The lowest BCUT2D eigenvalue weighted by atomic mass is 10.4. The van der Waals surface area contributed by atoms with Gasteiger partial charge in [-0.3, -0.25) is 0 Å². The highest BCUT2D eigenvalue weighted by Gasteiger charge is 2.00. The minimum Gasteiger partial charge on any atom is -0.475 e. The van der Waals surface area contributed by atoms with Gasteiger partial charge in [-0.15, -0.1) is 12.3 Å². The van der Waals surface area contributed by atoms with Crippen molar-refractivity contribution in [1.82, 2.24) is 9.97 Å². The van der Waals surface area contributed by atoms with Gasteiger partial charge >= 0.3 is 0 Å². The second-order valence-corrected chi connectivity index (χ2v) is 3.29. The highest BCUT2D eigenvalue weighted by molar-refractivity contribution is 5.37. The van der Waals surface area contributed by atoms with Crippen molar-refractivity contribution in [2.24, 2.45) is 0 Å². The van der Waals surface area contributed by atoms with Gasteiger partial charge in [0.25, 0.3) is 0 Å². The van der Waals surface area contributed by atoms with Crippen LogP contribution in [-0.4, -0.2) is 22.6 Å². The molecule has 4 heteroatoms. The first-order valence-corrected chi connectivity index (χ1v) is 4.88. The molecule has 0 aliphatic rings. The maximum Gasteiger partial charge on any atom is 0.218 e. The Hall–Kier alpha value is -1.76. The molecule has 0 saturated carbocycles. The van der Waals surface area contributed by atoms with Gasteiger partial charge in [0.05, 0.1) is 6.10 Å². The number of hydrogen-bond acceptors (Lipinski definition) is 4. The van der Waals surface area contributed by atoms with Crippen molar-refractivity contribution in [3.8, 4) is 18.2 Å². The van der Waals surface area contributed by atoms with E-state index < -0.39 is 0 Å². The molecule has 0 aromatic carbocycles. The van der Waals surface area contributed by atoms with Gasteiger partial charge in [-0.2, -0.15) is 0 Å². The van der Waals surface area contributed by atoms with Crippen LogP contribution in [0.5, 0.6) is 5.88 Å². The second-order valence-electron chi connectivity index (χ2n) is 3.29. The van der Waals surface area contributed by atoms with Crippen molar-refractivity contribution in [3.63, 3.8) is 0 Å². The summed E-state index contributed by atoms with van der Waals surface area (Å²) in [7, 11) is 0. The smallest absolute Gasteiger partial charge is 0.218 e. The van der Waals surface area contributed by atoms with E-state index in [0.29, 0.717) is 18.8 Å². The number of hydrogen-bond donors (Lipinski definition) is 1. The normalized spacial score (nSPS) is 9.73. The third-order valence-corrected chi connectivity index (χ3v) is 1.57. The van der Waals surface area contributed by atoms with Crippen LogP contribution in [-0.2, 0) is 0 Å². The first-order chi connectivity index (χ1) is 7.22. The second kappa shape index (κ2) is 5.86. The molecule has 1 aromatic heterocycles. The molecule has 0 aliphatic heterocycles. The highest BCUT2D eigenvalue weighted by Crippen LogP contribution is 2.12. The lowest BCUT2D eigenvalue weighted by molar-refractivity contribution is 0.232. The maximum atomic E-state index is 5.43. The molecule has 1 aromatic rings. The average Bonchev–Trinajstić information content (AvgIpc) is 2.18. The quantitative estimate of drug-likeness (QED) is 0.587. The lowest BCUT2D eigenvalue weighted by Gasteiger charge is -2.09. The monoisotopic (exact) mass is 205 g/mol. The van der Waals surface area contributed by atoms with Gasteiger partial charge in [-0.1, -0.05) is 0 Å². The summed E-state index contributed by atoms with van der Waals surface area (Å²) in [5, 5.41) is 3.09. The first-order valence-electron chi connectivity index (χ1n) is 4.88. The van der Waals surface area contributed by atoms with Gasteiger partial charge in [0, 0.05) is 19.0 Å². The number of aromatic nitrogens is 2. The van der Waals surface area contributed by atoms with E-state index in [0.717, 1.165) is 5.82 Å². The first kappa shape index (κ1) is 11.3. The van der Waals surface area contributed by atoms with E-state index in [2.05, 4.69) is 21.2 Å². The Morgan fingerprint density at radius 2 is 2.33 bits per heavy atom. The van der Waals surface area contributed by atoms with Crippen LogP contribution in [0.15, 0.2) is 12.4 Å². The molecule has 0 radical (unpaired) electrons. The fourth-order valence-electron chi connectivity index (χ4n) is 1.00. The Morgan fingerprint density at radius 3 is 3.00 bits per heavy atom. The third-order valence-electron chi connectivity index (χ3n) is 1.57. The van der Waals surface area contributed by atoms with Crippen LogP contribution in [0, 0.1) is 12.3 Å². The van der Waals surface area contributed by atoms with Crippen LogP contribution in [0.25, 0.3) is 0 Å². The van der Waals surface area contributed by atoms with Gasteiger partial charge in [0.1, 0.15) is 12.1 Å². The minimum absolute atomic E-state index is 0.110. The van der Waals surface area contributed by atoms with Crippen molar-refractivity contribution < 1.29 is 4.74 Å². The molecule has 0 amide bonds. The molecular weight excluding hydrogens is 190 g/mol. The maximum absolute atomic E-state index is 5.43. The number of ether oxygens (including phenoxy) is 1. The minimum atomic E-state index is 0.110. The largest absolute Gasteiger partial charge is 0.475 e. The summed E-state index contributed by atoms with van der Waals surface area (Å²) < 4.78 is 5.43. The Bertz CT molecular complexity index is 344. The van der Waals surface area contributed by atoms with Crippen LogP contribution >= 0.6 is 0 Å². The Morgan fingerprint density at radius 1 is 1.53 bits per heavy atom. The number of anilines is 1. The van der Waals surface area contributed by atoms with Crippen molar-refractivity contribution in [2.45, 2.75) is 26.4 Å². The number of nitrogens with zero attached hydrogens (tertiary/aromatic N) is 2. The van der Waals surface area contributed by atoms with Crippen molar-refractivity contribution in [3.05, 3.63) is 12.4 Å². The van der Waals surface area contributed by atoms with Crippen molar-refractivity contribution in [1.29, 1.82) is 0 Å². The zero-order chi connectivity index (χ0) is 11.1. The summed E-state index contributed by atoms with van der Waals surface area (Å²) >= 11 is 0. The van der Waals surface area contributed by atoms with E-state index in [1.54, 1.807) is 6.07 Å². The van der Waals surface area contributed by atoms with Crippen LogP contribution < -0.4 is 10.1 Å². The third kappa shape index (κ3) is 4.32. The van der Waals surface area contributed by atoms with E-state index in [9.17, 15) is 0 Å². The summed E-state index contributed by atoms with van der Waals surface area (Å²) in [5.74, 6) is 3.85. The summed E-state index contributed by atoms with van der Waals surface area (Å²) in [5.41, 5.74) is 0. The topological polar surface area (TPSA) is 47.0 Å². The molecule has 0 aliphatic carbocycles. The molecule has 1 heterocycles. The molecule has 0 unspecified atom stereocenters. The predicted octanol–water partition coefficient (Wildman–Crippen LogP) is 1.70. The summed E-state index contributed by atoms with van der Waals surface area (Å²) in [6.07, 6.45) is 7.39. The Balaban J connectivity index is 2.54. The standard InChI is InChI=1S/C11H15N3O/c1-4-5-6-12-10-7-11(14-8-13-10)15-9(2)3/h1,7-9H,5-6H2,2-3H3,(H,12,13,14). The summed E-state index contributed by atoms with van der Waals surface area (Å²) in [4.78, 5) is 8.04. The van der Waals surface area contributed by atoms with Gasteiger partial charge in [-0.25, -0.2) is 9.97 Å². The highest BCUT2D eigenvalue weighted by atomic mass is 16.5. The van der Waals surface area contributed by atoms with Gasteiger partial charge in [0.2, 0.25) is 5.88 Å². The number of terminal acetylenes is 1. The molecule has 1 N–H and O–H groups in total. The van der Waals surface area contributed by atoms with Gasteiger partial charge < -0.3 is 10.1 Å². The molecule has 0 saturated heterocycles. The van der Waals surface area contributed by atoms with Gasteiger partial charge in [0.15, 0.2) is 0 Å². The Labute approximate surface area is 90.1 Å². The summed E-state index contributed by atoms with van der Waals surface area (Å²) in [6.45, 7) is 4.61. The number of rotatable bonds is 5. The average molecular weight is 205 g/mol. The van der Waals surface area contributed by atoms with E-state index in [-0.39, 0.29) is 6.10 Å². The van der Waals surface area contributed by atoms with Crippen molar-refractivity contribution >= 4 is 5.82 Å². The van der Waals surface area contributed by atoms with E-state index in [1.807, 2.05) is 13.8 Å². The molecule has 0 fully saturated rings. The molecular formula is C11H15N3O. The van der Waals surface area contributed by atoms with Crippen LogP contribution in [0.2, 0.25) is 0 Å². The zero-order valence-corrected chi connectivity index (χ0v) is 9.03. The molecule has 0 spiro atoms. The number of nitrogens with one attached hydrogen (secondary N) is 1. The predicted molar refractivity (Wildman–Crippen MR) is 59.7 cm³/mol. The fraction of sp³-hybridized carbons (Fsp3) is 0.455. The fourth-order valence-corrected chi connectivity index (χ4v) is 1.00. The molecule has 15 heavy (non-hydrogen) atoms. The molecule has 80 valence electrons. The van der Waals surface area contributed by atoms with Crippen LogP contribution in [0.1, 0.15) is 20.3 Å². The molecule has 4 nitrogen and oxygen atoms in total. The summed E-state index contributed by atoms with van der Waals surface area (Å²) in [6, 6.07) is 1.76. The molecule has 1 rings (SSSR count). The van der Waals surface area contributed by atoms with E-state index >= 15 is 0 Å². The lowest BCUT2D eigenvalue weighted by Crippen LogP contribution is -2.08. The Kier molecular flexibility index (Phi) is 4.42. The molecule has 0 bridgehead atoms. The SMILES string of the molecule is C#CCCNc1cc(OC(C)C)ncn1. The van der Waals surface area contributed by atoms with E-state index in [1.165, 1.54) is 6.33 Å². The molecule has 0 atom stereocenters. The van der Waals surface area contributed by atoms with Crippen molar-refractivity contribution in [2.75, 3.05) is 11.9 Å². The van der Waals surface area contributed by atoms with Crippen LogP contribution in [0.3, 0.4) is 0 Å². The zero-order valence-electron chi connectivity index (χ0n) is 9.03. The van der Waals surface area contributed by atoms with Crippen LogP contribution in [0.4, 0.5) is 5.82 Å².